The number of halogens is 2. The monoisotopic (exact) mass is 327 g/mol. The fourth-order valence-corrected chi connectivity index (χ4v) is 1.61. The minimum absolute atomic E-state index is 0. The van der Waals surface area contributed by atoms with Gasteiger partial charge in [-0.2, -0.15) is 0 Å². The van der Waals surface area contributed by atoms with Gasteiger partial charge in [0.25, 0.3) is 0 Å². The molecule has 0 radical (unpaired) electrons. The van der Waals surface area contributed by atoms with Crippen LogP contribution in [0.1, 0.15) is 18.0 Å². The first kappa shape index (κ1) is 13.7. The average molecular weight is 328 g/mol. The summed E-state index contributed by atoms with van der Waals surface area (Å²) >= 11 is 2.17. The second kappa shape index (κ2) is 6.21. The van der Waals surface area contributed by atoms with Gasteiger partial charge in [-0.05, 0) is 40.3 Å². The van der Waals surface area contributed by atoms with Gasteiger partial charge in [0, 0.05) is 9.61 Å². The van der Waals surface area contributed by atoms with Crippen LogP contribution in [0.2, 0.25) is 0 Å². The minimum Gasteiger partial charge on any atom is -0.481 e. The summed E-state index contributed by atoms with van der Waals surface area (Å²) in [4.78, 5) is 10.4. The topological polar surface area (TPSA) is 63.3 Å². The molecule has 0 aliphatic rings. The molecule has 14 heavy (non-hydrogen) atoms. The highest BCUT2D eigenvalue weighted by Gasteiger charge is 2.09. The molecule has 1 atom stereocenters. The van der Waals surface area contributed by atoms with E-state index in [4.69, 9.17) is 10.8 Å². The van der Waals surface area contributed by atoms with Crippen molar-refractivity contribution in [2.75, 3.05) is 0 Å². The molecule has 1 aromatic carbocycles. The van der Waals surface area contributed by atoms with Crippen molar-refractivity contribution in [1.29, 1.82) is 0 Å². The molecule has 0 spiro atoms. The third-order valence-electron chi connectivity index (χ3n) is 1.67. The Balaban J connectivity index is 0.00000169. The number of nitrogens with two attached hydrogens (primary N) is 1. The van der Waals surface area contributed by atoms with E-state index in [9.17, 15) is 4.79 Å². The zero-order valence-corrected chi connectivity index (χ0v) is 10.3. The molecule has 0 aromatic heterocycles. The van der Waals surface area contributed by atoms with Crippen LogP contribution in [0.25, 0.3) is 0 Å². The first-order valence-corrected chi connectivity index (χ1v) is 4.90. The van der Waals surface area contributed by atoms with Crippen molar-refractivity contribution in [2.24, 2.45) is 5.73 Å². The maximum absolute atomic E-state index is 10.4. The quantitative estimate of drug-likeness (QED) is 0.837. The van der Waals surface area contributed by atoms with E-state index in [1.807, 2.05) is 24.3 Å². The number of rotatable bonds is 3. The van der Waals surface area contributed by atoms with E-state index in [-0.39, 0.29) is 18.8 Å². The van der Waals surface area contributed by atoms with Gasteiger partial charge in [-0.25, -0.2) is 0 Å². The summed E-state index contributed by atoms with van der Waals surface area (Å²) in [5, 5.41) is 8.53. The predicted octanol–water partition coefficient (Wildman–Crippen LogP) is 2.19. The molecule has 78 valence electrons. The lowest BCUT2D eigenvalue weighted by atomic mass is 10.1. The van der Waals surface area contributed by atoms with Crippen molar-refractivity contribution in [3.05, 3.63) is 33.4 Å². The maximum atomic E-state index is 10.4. The Labute approximate surface area is 102 Å². The zero-order chi connectivity index (χ0) is 9.84. The van der Waals surface area contributed by atoms with Gasteiger partial charge in [0.05, 0.1) is 6.42 Å². The summed E-state index contributed by atoms with van der Waals surface area (Å²) in [6.45, 7) is 0. The van der Waals surface area contributed by atoms with E-state index < -0.39 is 12.0 Å². The Morgan fingerprint density at radius 1 is 1.57 bits per heavy atom. The third kappa shape index (κ3) is 4.26. The number of carboxylic acids is 1. The lowest BCUT2D eigenvalue weighted by Gasteiger charge is -2.08. The van der Waals surface area contributed by atoms with Gasteiger partial charge >= 0.3 is 5.97 Å². The molecule has 3 nitrogen and oxygen atoms in total. The maximum Gasteiger partial charge on any atom is 0.305 e. The standard InChI is InChI=1S/C9H10INO2.ClH/c10-7-3-1-2-6(4-7)8(11)5-9(12)13;/h1-4,8H,5,11H2,(H,12,13);1H/t8-;/m0./s1. The van der Waals surface area contributed by atoms with E-state index in [1.54, 1.807) is 0 Å². The highest BCUT2D eigenvalue weighted by Crippen LogP contribution is 2.16. The molecule has 0 saturated carbocycles. The van der Waals surface area contributed by atoms with Crippen LogP contribution in [0.5, 0.6) is 0 Å². The molecule has 0 aliphatic heterocycles. The lowest BCUT2D eigenvalue weighted by molar-refractivity contribution is -0.137. The van der Waals surface area contributed by atoms with Crippen molar-refractivity contribution in [3.8, 4) is 0 Å². The second-order valence-electron chi connectivity index (χ2n) is 2.76. The molecule has 0 amide bonds. The summed E-state index contributed by atoms with van der Waals surface area (Å²) in [6, 6.07) is 7.15. The number of benzene rings is 1. The molecule has 0 aliphatic carbocycles. The molecule has 0 fully saturated rings. The average Bonchev–Trinajstić information content (AvgIpc) is 2.03. The normalized spacial score (nSPS) is 11.6. The number of hydrogen-bond acceptors (Lipinski definition) is 2. The van der Waals surface area contributed by atoms with Gasteiger partial charge in [-0.15, -0.1) is 12.4 Å². The second-order valence-corrected chi connectivity index (χ2v) is 4.00. The van der Waals surface area contributed by atoms with Crippen molar-refractivity contribution in [2.45, 2.75) is 12.5 Å². The molecule has 1 aromatic rings. The van der Waals surface area contributed by atoms with Gasteiger partial charge in [-0.1, -0.05) is 12.1 Å². The van der Waals surface area contributed by atoms with E-state index in [2.05, 4.69) is 22.6 Å². The molecule has 0 saturated heterocycles. The lowest BCUT2D eigenvalue weighted by Crippen LogP contribution is -2.14. The van der Waals surface area contributed by atoms with Crippen LogP contribution < -0.4 is 5.73 Å². The zero-order valence-electron chi connectivity index (χ0n) is 7.31. The van der Waals surface area contributed by atoms with Crippen LogP contribution in [-0.2, 0) is 4.79 Å². The summed E-state index contributed by atoms with van der Waals surface area (Å²) in [7, 11) is 0. The highest BCUT2D eigenvalue weighted by molar-refractivity contribution is 14.1. The molecule has 5 heteroatoms. The first-order chi connectivity index (χ1) is 6.09. The SMILES string of the molecule is Cl.N[C@@H](CC(=O)O)c1cccc(I)c1. The number of carbonyl (C=O) groups is 1. The highest BCUT2D eigenvalue weighted by atomic mass is 127. The third-order valence-corrected chi connectivity index (χ3v) is 2.34. The number of aliphatic carboxylic acids is 1. The summed E-state index contributed by atoms with van der Waals surface area (Å²) in [5.41, 5.74) is 6.55. The van der Waals surface area contributed by atoms with E-state index in [0.717, 1.165) is 9.13 Å². The minimum atomic E-state index is -0.869. The first-order valence-electron chi connectivity index (χ1n) is 3.82. The molecule has 3 N–H and O–H groups in total. The fraction of sp³-hybridized carbons (Fsp3) is 0.222. The van der Waals surface area contributed by atoms with Gasteiger partial charge in [-0.3, -0.25) is 4.79 Å². The van der Waals surface area contributed by atoms with Gasteiger partial charge < -0.3 is 10.8 Å². The Kier molecular flexibility index (Phi) is 6.06. The van der Waals surface area contributed by atoms with Gasteiger partial charge in [0.1, 0.15) is 0 Å². The summed E-state index contributed by atoms with van der Waals surface area (Å²) < 4.78 is 1.07. The van der Waals surface area contributed by atoms with E-state index >= 15 is 0 Å². The number of carboxylic acid groups (broad SMARTS) is 1. The molecular weight excluding hydrogens is 316 g/mol. The Hall–Kier alpha value is -0.330. The number of hydrogen-bond donors (Lipinski definition) is 2. The van der Waals surface area contributed by atoms with E-state index in [1.165, 1.54) is 0 Å². The molecule has 1 rings (SSSR count). The van der Waals surface area contributed by atoms with Gasteiger partial charge in [0.15, 0.2) is 0 Å². The fourth-order valence-electron chi connectivity index (χ4n) is 1.04. The summed E-state index contributed by atoms with van der Waals surface area (Å²) in [5.74, 6) is -0.869. The molecular formula is C9H11ClINO2. The molecule has 0 heterocycles. The molecule has 0 unspecified atom stereocenters. The largest absolute Gasteiger partial charge is 0.481 e. The van der Waals surface area contributed by atoms with Crippen LogP contribution in [0.4, 0.5) is 0 Å². The van der Waals surface area contributed by atoms with Gasteiger partial charge in [0.2, 0.25) is 0 Å². The van der Waals surface area contributed by atoms with Crippen molar-refractivity contribution in [1.82, 2.24) is 0 Å². The Morgan fingerprint density at radius 3 is 2.71 bits per heavy atom. The van der Waals surface area contributed by atoms with Crippen LogP contribution in [0.3, 0.4) is 0 Å². The Bertz CT molecular complexity index is 319. The van der Waals surface area contributed by atoms with Crippen LogP contribution in [0.15, 0.2) is 24.3 Å². The molecule has 0 bridgehead atoms. The van der Waals surface area contributed by atoms with Crippen molar-refractivity contribution >= 4 is 41.0 Å². The predicted molar refractivity (Wildman–Crippen MR) is 65.6 cm³/mol. The van der Waals surface area contributed by atoms with Crippen LogP contribution in [0, 0.1) is 3.57 Å². The summed E-state index contributed by atoms with van der Waals surface area (Å²) in [6.07, 6.45) is -0.0277. The van der Waals surface area contributed by atoms with Crippen LogP contribution >= 0.6 is 35.0 Å². The Morgan fingerprint density at radius 2 is 2.21 bits per heavy atom. The van der Waals surface area contributed by atoms with Crippen molar-refractivity contribution in [3.63, 3.8) is 0 Å². The van der Waals surface area contributed by atoms with E-state index in [0.29, 0.717) is 0 Å². The van der Waals surface area contributed by atoms with Crippen LogP contribution in [-0.4, -0.2) is 11.1 Å². The van der Waals surface area contributed by atoms with Crippen molar-refractivity contribution < 1.29 is 9.90 Å². The smallest absolute Gasteiger partial charge is 0.305 e.